The summed E-state index contributed by atoms with van der Waals surface area (Å²) in [4.78, 5) is 31.0. The Labute approximate surface area is 153 Å². The summed E-state index contributed by atoms with van der Waals surface area (Å²) in [6.07, 6.45) is 1.58. The average molecular weight is 362 g/mol. The van der Waals surface area contributed by atoms with Crippen molar-refractivity contribution in [3.8, 4) is 0 Å². The monoisotopic (exact) mass is 362 g/mol. The number of rotatable bonds is 6. The van der Waals surface area contributed by atoms with Crippen molar-refractivity contribution in [2.24, 2.45) is 0 Å². The van der Waals surface area contributed by atoms with Crippen LogP contribution in [0.3, 0.4) is 0 Å². The first-order valence-electron chi connectivity index (χ1n) is 8.25. The van der Waals surface area contributed by atoms with Gasteiger partial charge in [0.2, 0.25) is 0 Å². The van der Waals surface area contributed by atoms with Gasteiger partial charge in [-0.15, -0.1) is 0 Å². The highest BCUT2D eigenvalue weighted by Gasteiger charge is 2.21. The molecule has 27 heavy (non-hydrogen) atoms. The van der Waals surface area contributed by atoms with Crippen molar-refractivity contribution >= 4 is 40.7 Å². The first-order chi connectivity index (χ1) is 13.0. The number of benzene rings is 2. The highest BCUT2D eigenvalue weighted by molar-refractivity contribution is 6.58. The summed E-state index contributed by atoms with van der Waals surface area (Å²) in [5.41, 5.74) is 2.60. The van der Waals surface area contributed by atoms with Crippen LogP contribution in [0.15, 0.2) is 58.4 Å². The maximum Gasteiger partial charge on any atom is 0.488 e. The number of imidazole rings is 1. The lowest BCUT2D eigenvalue weighted by atomic mass is 9.79. The molecule has 0 atom stereocenters. The van der Waals surface area contributed by atoms with Crippen molar-refractivity contribution in [3.05, 3.63) is 74.8 Å². The van der Waals surface area contributed by atoms with Gasteiger partial charge in [-0.2, -0.15) is 0 Å². The number of aromatic nitrogens is 2. The molecule has 8 nitrogen and oxygen atoms in total. The Morgan fingerprint density at radius 2 is 1.85 bits per heavy atom. The Kier molecular flexibility index (Phi) is 4.23. The summed E-state index contributed by atoms with van der Waals surface area (Å²) >= 11 is 0. The molecule has 4 rings (SSSR count). The molecule has 3 aromatic carbocycles. The predicted octanol–water partition coefficient (Wildman–Crippen LogP) is 0.194. The average Bonchev–Trinajstić information content (AvgIpc) is 3.15. The molecule has 0 amide bonds. The predicted molar refractivity (Wildman–Crippen MR) is 104 cm³/mol. The number of nitrogens with zero attached hydrogens (tertiary/aromatic N) is 1. The van der Waals surface area contributed by atoms with Gasteiger partial charge in [-0.1, -0.05) is 24.3 Å². The van der Waals surface area contributed by atoms with E-state index in [0.29, 0.717) is 11.2 Å². The van der Waals surface area contributed by atoms with Crippen LogP contribution in [-0.4, -0.2) is 27.1 Å². The second-order valence-corrected chi connectivity index (χ2v) is 6.14. The zero-order chi connectivity index (χ0) is 19.0. The Bertz CT molecular complexity index is 1190. The molecule has 4 aromatic rings. The van der Waals surface area contributed by atoms with Gasteiger partial charge < -0.3 is 25.7 Å². The Morgan fingerprint density at radius 3 is 2.67 bits per heavy atom. The van der Waals surface area contributed by atoms with Crippen LogP contribution < -0.4 is 27.0 Å². The third-order valence-electron chi connectivity index (χ3n) is 4.32. The summed E-state index contributed by atoms with van der Waals surface area (Å²) in [6, 6.07) is 12.1. The van der Waals surface area contributed by atoms with E-state index in [1.807, 2.05) is 6.07 Å². The van der Waals surface area contributed by atoms with Crippen LogP contribution >= 0.6 is 0 Å². The van der Waals surface area contributed by atoms with Crippen LogP contribution in [0.1, 0.15) is 5.56 Å². The molecule has 9 heteroatoms. The molecule has 0 fully saturated rings. The highest BCUT2D eigenvalue weighted by atomic mass is 16.4. The molecular weight excluding hydrogens is 347 g/mol. The fraction of sp³-hybridized carbons (Fsp3) is 0.0556. The Hall–Kier alpha value is -3.43. The summed E-state index contributed by atoms with van der Waals surface area (Å²) in [5, 5.41) is 24.4. The summed E-state index contributed by atoms with van der Waals surface area (Å²) in [7, 11) is -1.56. The lowest BCUT2D eigenvalue weighted by Gasteiger charge is -2.15. The third kappa shape index (κ3) is 3.21. The minimum absolute atomic E-state index is 0.202. The number of anilines is 3. The third-order valence-corrected chi connectivity index (χ3v) is 4.32. The first-order valence-corrected chi connectivity index (χ1v) is 8.25. The number of H-pyrrole nitrogens is 1. The molecular formula is C18H15BN4O4. The summed E-state index contributed by atoms with van der Waals surface area (Å²) < 4.78 is 0. The quantitative estimate of drug-likeness (QED) is 0.245. The zero-order valence-corrected chi connectivity index (χ0v) is 14.1. The minimum Gasteiger partial charge on any atom is -0.423 e. The number of hydrogen-bond donors (Lipinski definition) is 5. The van der Waals surface area contributed by atoms with Gasteiger partial charge in [0.05, 0.1) is 17.4 Å². The van der Waals surface area contributed by atoms with Crippen LogP contribution in [0.2, 0.25) is 0 Å². The van der Waals surface area contributed by atoms with E-state index >= 15 is 0 Å². The molecule has 1 aromatic heterocycles. The summed E-state index contributed by atoms with van der Waals surface area (Å²) in [6.45, 7) is 0.262. The molecule has 0 unspecified atom stereocenters. The maximum atomic E-state index is 11.9. The Balaban J connectivity index is 1.53. The maximum absolute atomic E-state index is 11.9. The number of nitrogens with one attached hydrogen (secondary N) is 3. The van der Waals surface area contributed by atoms with E-state index in [1.54, 1.807) is 42.7 Å². The van der Waals surface area contributed by atoms with Gasteiger partial charge in [0, 0.05) is 12.2 Å². The molecule has 0 bridgehead atoms. The van der Waals surface area contributed by atoms with Crippen LogP contribution in [0, 0.1) is 0 Å². The molecule has 0 saturated carbocycles. The lowest BCUT2D eigenvalue weighted by molar-refractivity contribution is 0.425. The van der Waals surface area contributed by atoms with Gasteiger partial charge in [0.1, 0.15) is 11.4 Å². The van der Waals surface area contributed by atoms with Crippen molar-refractivity contribution in [1.82, 2.24) is 9.97 Å². The minimum atomic E-state index is -1.56. The van der Waals surface area contributed by atoms with Gasteiger partial charge in [-0.3, -0.25) is 9.59 Å². The second-order valence-electron chi connectivity index (χ2n) is 6.14. The van der Waals surface area contributed by atoms with E-state index < -0.39 is 18.0 Å². The van der Waals surface area contributed by atoms with Crippen molar-refractivity contribution < 1.29 is 10.0 Å². The molecule has 5 N–H and O–H groups in total. The zero-order valence-electron chi connectivity index (χ0n) is 14.1. The van der Waals surface area contributed by atoms with E-state index in [-0.39, 0.29) is 17.9 Å². The van der Waals surface area contributed by atoms with E-state index in [2.05, 4.69) is 20.6 Å². The normalized spacial score (nSPS) is 11.0. The van der Waals surface area contributed by atoms with E-state index in [0.717, 1.165) is 16.6 Å². The molecule has 0 spiro atoms. The summed E-state index contributed by atoms with van der Waals surface area (Å²) in [5.74, 6) is 0. The van der Waals surface area contributed by atoms with Gasteiger partial charge in [-0.25, -0.2) is 4.98 Å². The number of aromatic amines is 1. The fourth-order valence-corrected chi connectivity index (χ4v) is 2.89. The SMILES string of the molecule is O=c1c(NCc2cccc(B(O)O)c2)c(Nc2ccc3[nH]cnc3c2)c1=O. The van der Waals surface area contributed by atoms with Gasteiger partial charge in [0.25, 0.3) is 10.9 Å². The molecule has 134 valence electrons. The molecule has 0 aliphatic heterocycles. The van der Waals surface area contributed by atoms with Crippen molar-refractivity contribution in [1.29, 1.82) is 0 Å². The van der Waals surface area contributed by atoms with Crippen LogP contribution in [0.25, 0.3) is 11.0 Å². The van der Waals surface area contributed by atoms with E-state index in [4.69, 9.17) is 0 Å². The molecule has 0 radical (unpaired) electrons. The molecule has 0 aliphatic carbocycles. The first kappa shape index (κ1) is 17.0. The van der Waals surface area contributed by atoms with E-state index in [9.17, 15) is 19.6 Å². The van der Waals surface area contributed by atoms with Gasteiger partial charge >= 0.3 is 7.12 Å². The second kappa shape index (κ2) is 6.71. The number of hydrogen-bond acceptors (Lipinski definition) is 7. The highest BCUT2D eigenvalue weighted by Crippen LogP contribution is 2.23. The fourth-order valence-electron chi connectivity index (χ4n) is 2.89. The molecule has 1 heterocycles. The standard InChI is InChI=1S/C18H15BN4O4/c24-17-15(20-8-10-2-1-3-11(6-10)19(26)27)16(18(17)25)23-12-4-5-13-14(7-12)22-9-21-13/h1-7,9,20,23,26-27H,8H2,(H,21,22). The van der Waals surface area contributed by atoms with Crippen molar-refractivity contribution in [2.75, 3.05) is 10.6 Å². The van der Waals surface area contributed by atoms with Gasteiger partial charge in [0.15, 0.2) is 0 Å². The largest absolute Gasteiger partial charge is 0.488 e. The van der Waals surface area contributed by atoms with Gasteiger partial charge in [-0.05, 0) is 29.2 Å². The van der Waals surface area contributed by atoms with Crippen LogP contribution in [0.5, 0.6) is 0 Å². The van der Waals surface area contributed by atoms with Crippen LogP contribution in [0.4, 0.5) is 17.1 Å². The lowest BCUT2D eigenvalue weighted by Crippen LogP contribution is -2.36. The molecule has 0 saturated heterocycles. The van der Waals surface area contributed by atoms with E-state index in [1.165, 1.54) is 0 Å². The van der Waals surface area contributed by atoms with Crippen molar-refractivity contribution in [3.63, 3.8) is 0 Å². The topological polar surface area (TPSA) is 127 Å². The van der Waals surface area contributed by atoms with Crippen molar-refractivity contribution in [2.45, 2.75) is 6.54 Å². The smallest absolute Gasteiger partial charge is 0.423 e. The molecule has 0 aliphatic rings. The Morgan fingerprint density at radius 1 is 1.04 bits per heavy atom. The number of fused-ring (bicyclic) bond motifs is 1. The van der Waals surface area contributed by atoms with Crippen LogP contribution in [-0.2, 0) is 6.54 Å².